The van der Waals surface area contributed by atoms with Crippen LogP contribution in [0.15, 0.2) is 0 Å². The van der Waals surface area contributed by atoms with Crippen LogP contribution in [0.2, 0.25) is 0 Å². The Hall–Kier alpha value is -1.18. The molecule has 98 valence electrons. The quantitative estimate of drug-likeness (QED) is 0.515. The minimum atomic E-state index is -1.01. The van der Waals surface area contributed by atoms with E-state index in [4.69, 9.17) is 9.84 Å². The van der Waals surface area contributed by atoms with Gasteiger partial charge in [-0.05, 0) is 6.92 Å². The first kappa shape index (κ1) is 13.9. The van der Waals surface area contributed by atoms with E-state index in [0.717, 1.165) is 0 Å². The van der Waals surface area contributed by atoms with E-state index in [2.05, 4.69) is 5.32 Å². The molecule has 0 bridgehead atoms. The van der Waals surface area contributed by atoms with E-state index in [1.807, 2.05) is 0 Å². The molecule has 3 N–H and O–H groups in total. The maximum atomic E-state index is 11.2. The van der Waals surface area contributed by atoms with Gasteiger partial charge in [-0.15, -0.1) is 0 Å². The average Bonchev–Trinajstić information content (AvgIpc) is 2.26. The number of piperazine rings is 1. The van der Waals surface area contributed by atoms with Crippen LogP contribution in [0.4, 0.5) is 0 Å². The van der Waals surface area contributed by atoms with Crippen LogP contribution >= 0.6 is 0 Å². The Balaban J connectivity index is 2.51. The van der Waals surface area contributed by atoms with Crippen molar-refractivity contribution >= 4 is 11.9 Å². The number of aliphatic hydroxyl groups is 1. The number of carboxylic acid groups (broad SMARTS) is 1. The molecule has 0 aromatic heterocycles. The van der Waals surface area contributed by atoms with Crippen molar-refractivity contribution in [1.29, 1.82) is 0 Å². The average molecular weight is 246 g/mol. The summed E-state index contributed by atoms with van der Waals surface area (Å²) in [6.45, 7) is 2.60. The highest BCUT2D eigenvalue weighted by atomic mass is 16.5. The second-order valence-electron chi connectivity index (χ2n) is 3.90. The van der Waals surface area contributed by atoms with Gasteiger partial charge in [0.15, 0.2) is 0 Å². The van der Waals surface area contributed by atoms with Crippen LogP contribution in [0.25, 0.3) is 0 Å². The summed E-state index contributed by atoms with van der Waals surface area (Å²) in [6.07, 6.45) is -0.789. The molecule has 7 nitrogen and oxygen atoms in total. The van der Waals surface area contributed by atoms with Gasteiger partial charge in [0.2, 0.25) is 5.91 Å². The van der Waals surface area contributed by atoms with Gasteiger partial charge in [-0.2, -0.15) is 0 Å². The van der Waals surface area contributed by atoms with Crippen molar-refractivity contribution in [2.45, 2.75) is 19.1 Å². The van der Waals surface area contributed by atoms with Gasteiger partial charge in [0.05, 0.1) is 19.3 Å². The Morgan fingerprint density at radius 2 is 2.41 bits per heavy atom. The topological polar surface area (TPSA) is 99.1 Å². The number of amides is 1. The molecule has 1 aliphatic heterocycles. The van der Waals surface area contributed by atoms with E-state index >= 15 is 0 Å². The lowest BCUT2D eigenvalue weighted by Crippen LogP contribution is -2.59. The van der Waals surface area contributed by atoms with Crippen LogP contribution in [0.5, 0.6) is 0 Å². The number of carbonyl (C=O) groups is 2. The number of nitrogens with zero attached hydrogens (tertiary/aromatic N) is 1. The summed E-state index contributed by atoms with van der Waals surface area (Å²) in [6, 6.07) is -0.788. The number of aliphatic carboxylic acids is 1. The third-order valence-corrected chi connectivity index (χ3v) is 2.52. The molecule has 17 heavy (non-hydrogen) atoms. The molecule has 0 saturated carbocycles. The number of aliphatic hydroxyl groups excluding tert-OH is 1. The summed E-state index contributed by atoms with van der Waals surface area (Å²) in [5, 5.41) is 21.1. The molecule has 1 aliphatic rings. The number of hydrogen-bond acceptors (Lipinski definition) is 5. The summed E-state index contributed by atoms with van der Waals surface area (Å²) < 4.78 is 5.03. The van der Waals surface area contributed by atoms with Gasteiger partial charge in [0.1, 0.15) is 6.04 Å². The van der Waals surface area contributed by atoms with Crippen LogP contribution in [-0.4, -0.2) is 72.0 Å². The van der Waals surface area contributed by atoms with E-state index in [-0.39, 0.29) is 32.1 Å². The highest BCUT2D eigenvalue weighted by Crippen LogP contribution is 2.05. The fraction of sp³-hybridized carbons (Fsp3) is 0.800. The number of carbonyl (C=O) groups excluding carboxylic acids is 1. The molecular weight excluding hydrogens is 228 g/mol. The molecule has 0 aromatic carbocycles. The second kappa shape index (κ2) is 6.53. The van der Waals surface area contributed by atoms with Gasteiger partial charge < -0.3 is 20.3 Å². The number of hydrogen-bond donors (Lipinski definition) is 3. The Bertz CT molecular complexity index is 284. The number of rotatable bonds is 6. The summed E-state index contributed by atoms with van der Waals surface area (Å²) in [4.78, 5) is 23.6. The standard InChI is InChI=1S/C10H18N2O5/c1-2-17-6-7(13)4-12-5-9(14)11-3-8(12)10(15)16/h7-8,13H,2-6H2,1H3,(H,11,14)(H,15,16). The first-order valence-corrected chi connectivity index (χ1v) is 5.54. The summed E-state index contributed by atoms with van der Waals surface area (Å²) in [7, 11) is 0. The lowest BCUT2D eigenvalue weighted by Gasteiger charge is -2.33. The molecule has 0 spiro atoms. The molecule has 0 aromatic rings. The first-order valence-electron chi connectivity index (χ1n) is 5.54. The largest absolute Gasteiger partial charge is 0.480 e. The Kier molecular flexibility index (Phi) is 5.33. The minimum absolute atomic E-state index is 0.0137. The van der Waals surface area contributed by atoms with Crippen LogP contribution < -0.4 is 5.32 Å². The monoisotopic (exact) mass is 246 g/mol. The molecule has 1 fully saturated rings. The number of ether oxygens (including phenoxy) is 1. The van der Waals surface area contributed by atoms with E-state index in [1.165, 1.54) is 4.90 Å². The fourth-order valence-corrected chi connectivity index (χ4v) is 1.70. The van der Waals surface area contributed by atoms with Crippen molar-refractivity contribution in [3.8, 4) is 0 Å². The Morgan fingerprint density at radius 1 is 1.71 bits per heavy atom. The fourth-order valence-electron chi connectivity index (χ4n) is 1.70. The third kappa shape index (κ3) is 4.29. The zero-order chi connectivity index (χ0) is 12.8. The first-order chi connectivity index (χ1) is 8.04. The van der Waals surface area contributed by atoms with Crippen molar-refractivity contribution in [3.63, 3.8) is 0 Å². The maximum absolute atomic E-state index is 11.2. The molecule has 0 radical (unpaired) electrons. The molecule has 7 heteroatoms. The Morgan fingerprint density at radius 3 is 3.00 bits per heavy atom. The van der Waals surface area contributed by atoms with Crippen molar-refractivity contribution in [2.75, 3.05) is 32.8 Å². The van der Waals surface area contributed by atoms with Crippen molar-refractivity contribution < 1.29 is 24.5 Å². The number of carboxylic acids is 1. The van der Waals surface area contributed by atoms with E-state index < -0.39 is 18.1 Å². The van der Waals surface area contributed by atoms with Crippen molar-refractivity contribution in [2.24, 2.45) is 0 Å². The van der Waals surface area contributed by atoms with Crippen LogP contribution in [0, 0.1) is 0 Å². The van der Waals surface area contributed by atoms with Gasteiger partial charge in [0.25, 0.3) is 0 Å². The molecular formula is C10H18N2O5. The van der Waals surface area contributed by atoms with Gasteiger partial charge >= 0.3 is 5.97 Å². The molecule has 1 rings (SSSR count). The van der Waals surface area contributed by atoms with Crippen LogP contribution in [-0.2, 0) is 14.3 Å². The summed E-state index contributed by atoms with van der Waals surface area (Å²) in [5.74, 6) is -1.24. The molecule has 1 saturated heterocycles. The van der Waals surface area contributed by atoms with Crippen molar-refractivity contribution in [3.05, 3.63) is 0 Å². The zero-order valence-corrected chi connectivity index (χ0v) is 9.76. The van der Waals surface area contributed by atoms with E-state index in [9.17, 15) is 14.7 Å². The van der Waals surface area contributed by atoms with Crippen LogP contribution in [0.1, 0.15) is 6.92 Å². The highest BCUT2D eigenvalue weighted by molar-refractivity contribution is 5.83. The molecule has 2 atom stereocenters. The Labute approximate surface area is 99.4 Å². The molecule has 1 amide bonds. The lowest BCUT2D eigenvalue weighted by molar-refractivity contribution is -0.147. The summed E-state index contributed by atoms with van der Waals surface area (Å²) >= 11 is 0. The van der Waals surface area contributed by atoms with Gasteiger partial charge in [0, 0.05) is 19.7 Å². The van der Waals surface area contributed by atoms with Crippen LogP contribution in [0.3, 0.4) is 0 Å². The minimum Gasteiger partial charge on any atom is -0.480 e. The number of β-amino-alcohol motifs (C(OH)–C–C–N with tert-alkyl or cyclic N) is 1. The molecule has 1 heterocycles. The smallest absolute Gasteiger partial charge is 0.322 e. The van der Waals surface area contributed by atoms with Gasteiger partial charge in [-0.1, -0.05) is 0 Å². The van der Waals surface area contributed by atoms with E-state index in [0.29, 0.717) is 6.61 Å². The van der Waals surface area contributed by atoms with Gasteiger partial charge in [-0.3, -0.25) is 14.5 Å². The van der Waals surface area contributed by atoms with Gasteiger partial charge in [-0.25, -0.2) is 0 Å². The lowest BCUT2D eigenvalue weighted by atomic mass is 10.1. The SMILES string of the molecule is CCOCC(O)CN1CC(=O)NCC1C(=O)O. The zero-order valence-electron chi connectivity index (χ0n) is 9.76. The number of nitrogens with one attached hydrogen (secondary N) is 1. The second-order valence-corrected chi connectivity index (χ2v) is 3.90. The normalized spacial score (nSPS) is 23.2. The molecule has 2 unspecified atom stereocenters. The highest BCUT2D eigenvalue weighted by Gasteiger charge is 2.32. The predicted molar refractivity (Wildman–Crippen MR) is 58.5 cm³/mol. The summed E-state index contributed by atoms with van der Waals surface area (Å²) in [5.41, 5.74) is 0. The molecule has 0 aliphatic carbocycles. The third-order valence-electron chi connectivity index (χ3n) is 2.52. The predicted octanol–water partition coefficient (Wildman–Crippen LogP) is -1.73. The van der Waals surface area contributed by atoms with Crippen molar-refractivity contribution in [1.82, 2.24) is 10.2 Å². The van der Waals surface area contributed by atoms with E-state index in [1.54, 1.807) is 6.92 Å². The maximum Gasteiger partial charge on any atom is 0.322 e.